The van der Waals surface area contributed by atoms with Gasteiger partial charge < -0.3 is 0 Å². The lowest BCUT2D eigenvalue weighted by molar-refractivity contribution is 0.929. The number of nitrogens with zero attached hydrogens (tertiary/aromatic N) is 4. The van der Waals surface area contributed by atoms with Crippen LogP contribution in [0, 0.1) is 13.8 Å². The van der Waals surface area contributed by atoms with Crippen LogP contribution in [0.25, 0.3) is 22.4 Å². The van der Waals surface area contributed by atoms with Crippen LogP contribution in [0.15, 0.2) is 52.4 Å². The maximum atomic E-state index is 13.2. The van der Waals surface area contributed by atoms with Crippen molar-refractivity contribution in [1.29, 1.82) is 0 Å². The molecule has 0 fully saturated rings. The van der Waals surface area contributed by atoms with Crippen LogP contribution in [0.2, 0.25) is 0 Å². The zero-order valence-electron chi connectivity index (χ0n) is 14.4. The Morgan fingerprint density at radius 1 is 1.08 bits per heavy atom. The van der Waals surface area contributed by atoms with Gasteiger partial charge >= 0.3 is 0 Å². The minimum absolute atomic E-state index is 0.0736. The Morgan fingerprint density at radius 3 is 2.64 bits per heavy atom. The van der Waals surface area contributed by atoms with E-state index in [2.05, 4.69) is 23.2 Å². The van der Waals surface area contributed by atoms with Gasteiger partial charge in [0.2, 0.25) is 5.78 Å². The van der Waals surface area contributed by atoms with E-state index in [1.807, 2.05) is 54.6 Å². The van der Waals surface area contributed by atoms with Crippen LogP contribution in [0.4, 0.5) is 0 Å². The Labute approximate surface area is 149 Å². The van der Waals surface area contributed by atoms with Crippen LogP contribution in [-0.2, 0) is 0 Å². The van der Waals surface area contributed by atoms with E-state index in [0.717, 1.165) is 33.2 Å². The van der Waals surface area contributed by atoms with Crippen LogP contribution in [0.5, 0.6) is 0 Å². The van der Waals surface area contributed by atoms with E-state index in [0.29, 0.717) is 11.2 Å². The fraction of sp³-hybridized carbons (Fsp3) is 0.211. The molecule has 25 heavy (non-hydrogen) atoms. The fourth-order valence-electron chi connectivity index (χ4n) is 3.17. The molecule has 0 bridgehead atoms. The Bertz CT molecular complexity index is 1160. The van der Waals surface area contributed by atoms with Crippen LogP contribution in [0.1, 0.15) is 18.1 Å². The van der Waals surface area contributed by atoms with E-state index < -0.39 is 0 Å². The van der Waals surface area contributed by atoms with Gasteiger partial charge in [-0.15, -0.1) is 10.2 Å². The Balaban J connectivity index is 2.20. The lowest BCUT2D eigenvalue weighted by atomic mass is 10.1. The molecule has 0 spiro atoms. The maximum absolute atomic E-state index is 13.2. The third kappa shape index (κ3) is 2.44. The second kappa shape index (κ2) is 6.04. The number of thioether (sulfide) groups is 1. The predicted molar refractivity (Wildman–Crippen MR) is 102 cm³/mol. The predicted octanol–water partition coefficient (Wildman–Crippen LogP) is 3.76. The van der Waals surface area contributed by atoms with E-state index in [1.165, 1.54) is 0 Å². The first-order valence-electron chi connectivity index (χ1n) is 8.21. The lowest BCUT2D eigenvalue weighted by Gasteiger charge is -2.13. The highest BCUT2D eigenvalue weighted by molar-refractivity contribution is 7.99. The number of para-hydroxylation sites is 1. The molecule has 2 aromatic heterocycles. The highest BCUT2D eigenvalue weighted by Crippen LogP contribution is 2.24. The smallest absolute Gasteiger partial charge is 0.267 e. The molecule has 0 aliphatic heterocycles. The van der Waals surface area contributed by atoms with E-state index in [9.17, 15) is 4.79 Å². The van der Waals surface area contributed by atoms with Gasteiger partial charge in [-0.1, -0.05) is 48.5 Å². The van der Waals surface area contributed by atoms with Gasteiger partial charge in [-0.3, -0.25) is 9.20 Å². The molecule has 0 saturated carbocycles. The average molecular weight is 350 g/mol. The van der Waals surface area contributed by atoms with Crippen molar-refractivity contribution in [1.82, 2.24) is 19.2 Å². The third-order valence-electron chi connectivity index (χ3n) is 4.26. The largest absolute Gasteiger partial charge is 0.268 e. The van der Waals surface area contributed by atoms with Crippen molar-refractivity contribution in [3.8, 4) is 5.69 Å². The van der Waals surface area contributed by atoms with Crippen molar-refractivity contribution in [3.05, 3.63) is 63.9 Å². The summed E-state index contributed by atoms with van der Waals surface area (Å²) in [5.41, 5.74) is 3.80. The highest BCUT2D eigenvalue weighted by Gasteiger charge is 2.18. The maximum Gasteiger partial charge on any atom is 0.267 e. The molecule has 0 saturated heterocycles. The molecule has 0 N–H and O–H groups in total. The lowest BCUT2D eigenvalue weighted by Crippen LogP contribution is -2.22. The van der Waals surface area contributed by atoms with E-state index >= 15 is 0 Å². The van der Waals surface area contributed by atoms with Gasteiger partial charge in [0.15, 0.2) is 5.16 Å². The number of fused-ring (bicyclic) bond motifs is 3. The van der Waals surface area contributed by atoms with Crippen molar-refractivity contribution in [3.63, 3.8) is 0 Å². The van der Waals surface area contributed by atoms with Crippen molar-refractivity contribution in [2.45, 2.75) is 25.9 Å². The molecule has 5 nitrogen and oxygen atoms in total. The normalized spacial score (nSPS) is 11.5. The van der Waals surface area contributed by atoms with Crippen LogP contribution in [0.3, 0.4) is 0 Å². The summed E-state index contributed by atoms with van der Waals surface area (Å²) in [5, 5.41) is 10.1. The van der Waals surface area contributed by atoms with Crippen molar-refractivity contribution in [2.24, 2.45) is 0 Å². The van der Waals surface area contributed by atoms with Gasteiger partial charge in [0.05, 0.1) is 16.6 Å². The van der Waals surface area contributed by atoms with Crippen molar-refractivity contribution < 1.29 is 0 Å². The molecule has 0 atom stereocenters. The summed E-state index contributed by atoms with van der Waals surface area (Å²) in [4.78, 5) is 13.2. The van der Waals surface area contributed by atoms with Gasteiger partial charge in [0.1, 0.15) is 0 Å². The second-order valence-corrected chi connectivity index (χ2v) is 7.23. The second-order valence-electron chi connectivity index (χ2n) is 6.00. The van der Waals surface area contributed by atoms with Gasteiger partial charge in [-0.2, -0.15) is 0 Å². The van der Waals surface area contributed by atoms with E-state index in [-0.39, 0.29) is 5.56 Å². The van der Waals surface area contributed by atoms with Gasteiger partial charge in [-0.25, -0.2) is 4.57 Å². The molecule has 0 unspecified atom stereocenters. The Morgan fingerprint density at radius 2 is 1.88 bits per heavy atom. The Hall–Kier alpha value is -2.60. The number of rotatable bonds is 3. The zero-order chi connectivity index (χ0) is 17.6. The topological polar surface area (TPSA) is 52.2 Å². The first-order valence-corrected chi connectivity index (χ1v) is 9.19. The number of benzene rings is 2. The first kappa shape index (κ1) is 15.9. The Kier molecular flexibility index (Phi) is 3.84. The number of hydrogen-bond donors (Lipinski definition) is 0. The molecule has 0 aliphatic carbocycles. The van der Waals surface area contributed by atoms with Gasteiger partial charge in [0, 0.05) is 0 Å². The molecule has 0 aliphatic rings. The van der Waals surface area contributed by atoms with E-state index in [1.54, 1.807) is 16.3 Å². The summed E-state index contributed by atoms with van der Waals surface area (Å²) in [5.74, 6) is 1.43. The minimum atomic E-state index is -0.0736. The number of aryl methyl sites for hydroxylation is 2. The summed E-state index contributed by atoms with van der Waals surface area (Å²) in [6.07, 6.45) is 0. The number of aromatic nitrogens is 4. The molecule has 0 radical (unpaired) electrons. The SMILES string of the molecule is CCSc1nnc2n(-c3ccc(C)cc3C)c(=O)c3ccccc3n12. The molecule has 2 heterocycles. The monoisotopic (exact) mass is 350 g/mol. The zero-order valence-corrected chi connectivity index (χ0v) is 15.2. The average Bonchev–Trinajstić information content (AvgIpc) is 3.01. The van der Waals surface area contributed by atoms with Gasteiger partial charge in [0.25, 0.3) is 5.56 Å². The fourth-order valence-corrected chi connectivity index (χ4v) is 3.84. The van der Waals surface area contributed by atoms with Crippen molar-refractivity contribution >= 4 is 28.4 Å². The molecule has 0 amide bonds. The molecule has 2 aromatic carbocycles. The third-order valence-corrected chi connectivity index (χ3v) is 5.07. The molecule has 6 heteroatoms. The summed E-state index contributed by atoms with van der Waals surface area (Å²) in [7, 11) is 0. The van der Waals surface area contributed by atoms with Gasteiger partial charge in [-0.05, 0) is 43.4 Å². The minimum Gasteiger partial charge on any atom is -0.268 e. The first-order chi connectivity index (χ1) is 12.1. The van der Waals surface area contributed by atoms with E-state index in [4.69, 9.17) is 0 Å². The molecule has 4 rings (SSSR count). The molecular formula is C19H18N4OS. The molecule has 126 valence electrons. The molecular weight excluding hydrogens is 332 g/mol. The van der Waals surface area contributed by atoms with Crippen LogP contribution < -0.4 is 5.56 Å². The summed E-state index contributed by atoms with van der Waals surface area (Å²) >= 11 is 1.62. The molecule has 4 aromatic rings. The summed E-state index contributed by atoms with van der Waals surface area (Å²) in [6.45, 7) is 6.13. The van der Waals surface area contributed by atoms with Crippen LogP contribution in [-0.4, -0.2) is 24.9 Å². The number of hydrogen-bond acceptors (Lipinski definition) is 4. The van der Waals surface area contributed by atoms with Crippen LogP contribution >= 0.6 is 11.8 Å². The standard InChI is InChI=1S/C19H18N4OS/c1-4-25-19-21-20-18-22(15-10-9-12(2)11-13(15)3)17(24)14-7-5-6-8-16(14)23(18)19/h5-11H,4H2,1-3H3. The summed E-state index contributed by atoms with van der Waals surface area (Å²) in [6, 6.07) is 13.7. The summed E-state index contributed by atoms with van der Waals surface area (Å²) < 4.78 is 3.65. The quantitative estimate of drug-likeness (QED) is 0.528. The van der Waals surface area contributed by atoms with Crippen molar-refractivity contribution in [2.75, 3.05) is 5.75 Å². The highest BCUT2D eigenvalue weighted by atomic mass is 32.2.